The molecule has 5 nitrogen and oxygen atoms in total. The number of nitrogens with one attached hydrogen (secondary N) is 1. The van der Waals surface area contributed by atoms with Gasteiger partial charge in [-0.25, -0.2) is 4.79 Å². The number of rotatable bonds is 5. The molecule has 1 aromatic carbocycles. The van der Waals surface area contributed by atoms with Crippen LogP contribution in [-0.2, 0) is 11.3 Å². The van der Waals surface area contributed by atoms with Crippen molar-refractivity contribution in [2.75, 3.05) is 26.7 Å². The van der Waals surface area contributed by atoms with Gasteiger partial charge >= 0.3 is 6.03 Å². The lowest BCUT2D eigenvalue weighted by Gasteiger charge is -2.45. The van der Waals surface area contributed by atoms with E-state index < -0.39 is 0 Å². The van der Waals surface area contributed by atoms with Crippen molar-refractivity contribution < 1.29 is 9.53 Å². The van der Waals surface area contributed by atoms with Crippen LogP contribution in [0.5, 0.6) is 0 Å². The predicted octanol–water partition coefficient (Wildman–Crippen LogP) is 3.37. The van der Waals surface area contributed by atoms with E-state index in [-0.39, 0.29) is 23.8 Å². The third kappa shape index (κ3) is 5.87. The van der Waals surface area contributed by atoms with Crippen molar-refractivity contribution >= 4 is 17.6 Å². The largest absolute Gasteiger partial charge is 0.373 e. The van der Waals surface area contributed by atoms with E-state index in [4.69, 9.17) is 16.3 Å². The zero-order valence-electron chi connectivity index (χ0n) is 15.9. The number of carbonyl (C=O) groups is 1. The third-order valence-electron chi connectivity index (χ3n) is 4.60. The van der Waals surface area contributed by atoms with Crippen LogP contribution >= 0.6 is 11.6 Å². The van der Waals surface area contributed by atoms with Crippen LogP contribution in [0.25, 0.3) is 0 Å². The topological polar surface area (TPSA) is 44.8 Å². The quantitative estimate of drug-likeness (QED) is 0.867. The van der Waals surface area contributed by atoms with Crippen molar-refractivity contribution in [3.63, 3.8) is 0 Å². The Balaban J connectivity index is 1.87. The Kier molecular flexibility index (Phi) is 6.72. The molecule has 6 heteroatoms. The number of amides is 2. The zero-order valence-corrected chi connectivity index (χ0v) is 16.6. The molecule has 0 bridgehead atoms. The molecule has 0 spiro atoms. The highest BCUT2D eigenvalue weighted by molar-refractivity contribution is 6.30. The molecule has 1 N–H and O–H groups in total. The summed E-state index contributed by atoms with van der Waals surface area (Å²) in [5, 5.41) is 3.74. The highest BCUT2D eigenvalue weighted by Gasteiger charge is 2.33. The fraction of sp³-hybridized carbons (Fsp3) is 0.632. The van der Waals surface area contributed by atoms with Gasteiger partial charge in [-0.15, -0.1) is 0 Å². The number of carbonyl (C=O) groups excluding carboxylic acids is 1. The number of hydrogen-bond acceptors (Lipinski definition) is 3. The molecule has 0 radical (unpaired) electrons. The van der Waals surface area contributed by atoms with Gasteiger partial charge in [0.25, 0.3) is 0 Å². The van der Waals surface area contributed by atoms with Crippen LogP contribution in [0, 0.1) is 0 Å². The summed E-state index contributed by atoms with van der Waals surface area (Å²) in [6, 6.07) is 7.50. The van der Waals surface area contributed by atoms with Crippen molar-refractivity contribution in [2.24, 2.45) is 0 Å². The molecule has 1 fully saturated rings. The lowest BCUT2D eigenvalue weighted by molar-refractivity contribution is -0.0948. The van der Waals surface area contributed by atoms with E-state index in [1.54, 1.807) is 11.9 Å². The summed E-state index contributed by atoms with van der Waals surface area (Å²) in [5.74, 6) is 0. The van der Waals surface area contributed by atoms with Crippen LogP contribution in [0.4, 0.5) is 4.79 Å². The molecule has 0 saturated carbocycles. The Hall–Kier alpha value is -1.30. The summed E-state index contributed by atoms with van der Waals surface area (Å²) >= 11 is 6.00. The maximum absolute atomic E-state index is 12.4. The van der Waals surface area contributed by atoms with E-state index in [0.29, 0.717) is 18.1 Å². The fourth-order valence-corrected chi connectivity index (χ4v) is 3.40. The first-order chi connectivity index (χ1) is 11.7. The second-order valence-corrected chi connectivity index (χ2v) is 8.06. The molecule has 140 valence electrons. The molecule has 2 unspecified atom stereocenters. The molecule has 1 saturated heterocycles. The van der Waals surface area contributed by atoms with Gasteiger partial charge in [-0.1, -0.05) is 23.7 Å². The van der Waals surface area contributed by atoms with Crippen molar-refractivity contribution in [1.82, 2.24) is 15.1 Å². The Bertz CT molecular complexity index is 584. The fourth-order valence-electron chi connectivity index (χ4n) is 3.19. The summed E-state index contributed by atoms with van der Waals surface area (Å²) in [4.78, 5) is 16.5. The van der Waals surface area contributed by atoms with Gasteiger partial charge in [0.1, 0.15) is 0 Å². The second kappa shape index (κ2) is 8.39. The van der Waals surface area contributed by atoms with Gasteiger partial charge in [-0.05, 0) is 45.4 Å². The maximum atomic E-state index is 12.4. The number of benzene rings is 1. The molecular weight excluding hydrogens is 338 g/mol. The lowest BCUT2D eigenvalue weighted by Crippen LogP contribution is -2.59. The Morgan fingerprint density at radius 1 is 1.36 bits per heavy atom. The van der Waals surface area contributed by atoms with Gasteiger partial charge in [0.05, 0.1) is 12.2 Å². The number of nitrogens with zero attached hydrogens (tertiary/aromatic N) is 2. The van der Waals surface area contributed by atoms with Crippen molar-refractivity contribution in [1.29, 1.82) is 0 Å². The Morgan fingerprint density at radius 3 is 2.60 bits per heavy atom. The molecule has 25 heavy (non-hydrogen) atoms. The normalized spacial score (nSPS) is 21.8. The minimum atomic E-state index is -0.126. The summed E-state index contributed by atoms with van der Waals surface area (Å²) in [7, 11) is 1.79. The molecule has 1 aliphatic heterocycles. The van der Waals surface area contributed by atoms with Crippen LogP contribution in [0.1, 0.15) is 33.3 Å². The lowest BCUT2D eigenvalue weighted by atomic mass is 10.00. The molecule has 1 aliphatic rings. The first kappa shape index (κ1) is 20.0. The monoisotopic (exact) mass is 367 g/mol. The number of morpholine rings is 1. The number of urea groups is 1. The van der Waals surface area contributed by atoms with Gasteiger partial charge in [0, 0.05) is 43.8 Å². The smallest absolute Gasteiger partial charge is 0.317 e. The average molecular weight is 368 g/mol. The summed E-state index contributed by atoms with van der Waals surface area (Å²) in [6.07, 6.45) is 0.424. The third-order valence-corrected chi connectivity index (χ3v) is 4.84. The minimum absolute atomic E-state index is 0.0811. The maximum Gasteiger partial charge on any atom is 0.317 e. The minimum Gasteiger partial charge on any atom is -0.373 e. The van der Waals surface area contributed by atoms with Crippen LogP contribution in [0.3, 0.4) is 0 Å². The molecule has 1 heterocycles. The summed E-state index contributed by atoms with van der Waals surface area (Å²) < 4.78 is 5.80. The van der Waals surface area contributed by atoms with E-state index in [9.17, 15) is 4.79 Å². The Labute approximate surface area is 156 Å². The number of halogens is 1. The molecule has 0 aromatic heterocycles. The highest BCUT2D eigenvalue weighted by atomic mass is 35.5. The average Bonchev–Trinajstić information content (AvgIpc) is 2.51. The van der Waals surface area contributed by atoms with Gasteiger partial charge in [-0.3, -0.25) is 4.90 Å². The number of ether oxygens (including phenoxy) is 1. The van der Waals surface area contributed by atoms with Gasteiger partial charge < -0.3 is 15.0 Å². The van der Waals surface area contributed by atoms with E-state index in [1.807, 2.05) is 24.3 Å². The highest BCUT2D eigenvalue weighted by Crippen LogP contribution is 2.20. The van der Waals surface area contributed by atoms with Crippen LogP contribution in [-0.4, -0.2) is 60.3 Å². The molecule has 2 atom stereocenters. The predicted molar refractivity (Wildman–Crippen MR) is 102 cm³/mol. The zero-order chi connectivity index (χ0) is 18.6. The summed E-state index contributed by atoms with van der Waals surface area (Å²) in [6.45, 7) is 11.4. The first-order valence-electron chi connectivity index (χ1n) is 8.81. The van der Waals surface area contributed by atoms with Crippen molar-refractivity contribution in [2.45, 2.75) is 52.0 Å². The van der Waals surface area contributed by atoms with Crippen LogP contribution < -0.4 is 5.32 Å². The molecule has 1 aromatic rings. The van der Waals surface area contributed by atoms with Crippen molar-refractivity contribution in [3.05, 3.63) is 34.9 Å². The molecular formula is C19H30ClN3O2. The second-order valence-electron chi connectivity index (χ2n) is 7.62. The van der Waals surface area contributed by atoms with Crippen LogP contribution in [0.2, 0.25) is 5.02 Å². The first-order valence-corrected chi connectivity index (χ1v) is 9.19. The van der Waals surface area contributed by atoms with E-state index in [1.165, 1.54) is 0 Å². The molecule has 0 aliphatic carbocycles. The van der Waals surface area contributed by atoms with Crippen molar-refractivity contribution in [3.8, 4) is 0 Å². The van der Waals surface area contributed by atoms with E-state index in [2.05, 4.69) is 37.9 Å². The SMILES string of the molecule is CC1CN(C(C)(C)CNC(=O)N(C)Cc2cccc(Cl)c2)CC(C)O1. The number of hydrogen-bond donors (Lipinski definition) is 1. The summed E-state index contributed by atoms with van der Waals surface area (Å²) in [5.41, 5.74) is 0.888. The standard InChI is InChI=1S/C19H30ClN3O2/c1-14-10-23(11-15(2)25-14)19(3,4)13-21-18(24)22(5)12-16-7-6-8-17(20)9-16/h6-9,14-15H,10-13H2,1-5H3,(H,21,24). The Morgan fingerprint density at radius 2 is 2.00 bits per heavy atom. The van der Waals surface area contributed by atoms with E-state index in [0.717, 1.165) is 18.7 Å². The van der Waals surface area contributed by atoms with Gasteiger partial charge in [0.2, 0.25) is 0 Å². The molecule has 2 rings (SSSR count). The van der Waals surface area contributed by atoms with Gasteiger partial charge in [0.15, 0.2) is 0 Å². The van der Waals surface area contributed by atoms with E-state index >= 15 is 0 Å². The van der Waals surface area contributed by atoms with Crippen LogP contribution in [0.15, 0.2) is 24.3 Å². The molecule has 2 amide bonds. The van der Waals surface area contributed by atoms with Gasteiger partial charge in [-0.2, -0.15) is 0 Å².